The highest BCUT2D eigenvalue weighted by Gasteiger charge is 2.13. The maximum atomic E-state index is 10.7. The van der Waals surface area contributed by atoms with Crippen molar-refractivity contribution in [3.8, 4) is 0 Å². The summed E-state index contributed by atoms with van der Waals surface area (Å²) in [6, 6.07) is 17.5. The summed E-state index contributed by atoms with van der Waals surface area (Å²) in [5.41, 5.74) is 8.96. The summed E-state index contributed by atoms with van der Waals surface area (Å²) in [7, 11) is 0. The van der Waals surface area contributed by atoms with E-state index in [-0.39, 0.29) is 0 Å². The highest BCUT2D eigenvalue weighted by atomic mass is 16.4. The molecule has 2 rings (SSSR count). The number of carboxylic acid groups (broad SMARTS) is 1. The Hall–Kier alpha value is -2.13. The number of benzene rings is 2. The van der Waals surface area contributed by atoms with Crippen molar-refractivity contribution in [2.24, 2.45) is 5.73 Å². The Bertz CT molecular complexity index is 563. The Morgan fingerprint density at radius 2 is 1.60 bits per heavy atom. The van der Waals surface area contributed by atoms with Crippen LogP contribution in [0.15, 0.2) is 54.6 Å². The van der Waals surface area contributed by atoms with Gasteiger partial charge in [0.2, 0.25) is 0 Å². The molecule has 2 aromatic rings. The molecule has 104 valence electrons. The van der Waals surface area contributed by atoms with Crippen molar-refractivity contribution < 1.29 is 9.90 Å². The van der Waals surface area contributed by atoms with Crippen molar-refractivity contribution >= 4 is 5.97 Å². The Labute approximate surface area is 119 Å². The molecular formula is C17H19NO2. The van der Waals surface area contributed by atoms with E-state index in [4.69, 9.17) is 10.8 Å². The van der Waals surface area contributed by atoms with Crippen molar-refractivity contribution in [2.75, 3.05) is 0 Å². The number of rotatable bonds is 5. The van der Waals surface area contributed by atoms with E-state index >= 15 is 0 Å². The van der Waals surface area contributed by atoms with Gasteiger partial charge in [-0.3, -0.25) is 4.79 Å². The van der Waals surface area contributed by atoms with Gasteiger partial charge in [-0.2, -0.15) is 0 Å². The summed E-state index contributed by atoms with van der Waals surface area (Å²) < 4.78 is 0. The van der Waals surface area contributed by atoms with Gasteiger partial charge in [0.1, 0.15) is 6.04 Å². The van der Waals surface area contributed by atoms with E-state index in [0.29, 0.717) is 12.3 Å². The van der Waals surface area contributed by atoms with Crippen LogP contribution in [0.4, 0.5) is 0 Å². The molecule has 3 N–H and O–H groups in total. The van der Waals surface area contributed by atoms with Gasteiger partial charge in [0.25, 0.3) is 0 Å². The van der Waals surface area contributed by atoms with Crippen LogP contribution in [0, 0.1) is 0 Å². The van der Waals surface area contributed by atoms with Gasteiger partial charge in [-0.15, -0.1) is 0 Å². The summed E-state index contributed by atoms with van der Waals surface area (Å²) in [6.45, 7) is 2.16. The Morgan fingerprint density at radius 1 is 1.05 bits per heavy atom. The van der Waals surface area contributed by atoms with Crippen LogP contribution in [0.2, 0.25) is 0 Å². The topological polar surface area (TPSA) is 63.3 Å². The van der Waals surface area contributed by atoms with Crippen molar-refractivity contribution in [1.29, 1.82) is 0 Å². The van der Waals surface area contributed by atoms with Gasteiger partial charge in [-0.05, 0) is 23.1 Å². The van der Waals surface area contributed by atoms with Gasteiger partial charge in [0.15, 0.2) is 0 Å². The highest BCUT2D eigenvalue weighted by molar-refractivity contribution is 5.73. The molecule has 20 heavy (non-hydrogen) atoms. The van der Waals surface area contributed by atoms with E-state index in [1.54, 1.807) is 0 Å². The number of hydrogen-bond acceptors (Lipinski definition) is 2. The highest BCUT2D eigenvalue weighted by Crippen LogP contribution is 2.24. The minimum absolute atomic E-state index is 0.318. The molecule has 0 aliphatic heterocycles. The molecule has 0 aliphatic carbocycles. The molecule has 0 bridgehead atoms. The summed E-state index contributed by atoms with van der Waals surface area (Å²) in [5.74, 6) is -0.648. The Morgan fingerprint density at radius 3 is 2.15 bits per heavy atom. The second-order valence-electron chi connectivity index (χ2n) is 5.02. The van der Waals surface area contributed by atoms with Crippen molar-refractivity contribution in [3.63, 3.8) is 0 Å². The summed E-state index contributed by atoms with van der Waals surface area (Å²) in [6.07, 6.45) is 0.356. The number of carboxylic acids is 1. The number of carbonyl (C=O) groups is 1. The molecule has 0 aromatic heterocycles. The van der Waals surface area contributed by atoms with Crippen LogP contribution in [0.3, 0.4) is 0 Å². The SMILES string of the molecule is CC(c1ccccc1)c1ccc(CC(N)C(=O)O)cc1. The van der Waals surface area contributed by atoms with Crippen LogP contribution in [0.1, 0.15) is 29.5 Å². The first-order valence-electron chi connectivity index (χ1n) is 6.70. The maximum absolute atomic E-state index is 10.7. The third kappa shape index (κ3) is 3.45. The molecule has 2 unspecified atom stereocenters. The molecule has 0 spiro atoms. The van der Waals surface area contributed by atoms with Crippen LogP contribution in [-0.4, -0.2) is 17.1 Å². The molecule has 0 heterocycles. The predicted molar refractivity (Wildman–Crippen MR) is 79.7 cm³/mol. The van der Waals surface area contributed by atoms with Gasteiger partial charge in [0, 0.05) is 5.92 Å². The second-order valence-corrected chi connectivity index (χ2v) is 5.02. The first-order valence-corrected chi connectivity index (χ1v) is 6.70. The maximum Gasteiger partial charge on any atom is 0.320 e. The van der Waals surface area contributed by atoms with E-state index in [2.05, 4.69) is 19.1 Å². The summed E-state index contributed by atoms with van der Waals surface area (Å²) >= 11 is 0. The van der Waals surface area contributed by atoms with Crippen molar-refractivity contribution in [3.05, 3.63) is 71.3 Å². The summed E-state index contributed by atoms with van der Waals surface area (Å²) in [5, 5.41) is 8.81. The molecule has 0 saturated carbocycles. The molecule has 0 aliphatic rings. The van der Waals surface area contributed by atoms with Gasteiger partial charge in [0.05, 0.1) is 0 Å². The third-order valence-electron chi connectivity index (χ3n) is 3.55. The minimum Gasteiger partial charge on any atom is -0.480 e. The largest absolute Gasteiger partial charge is 0.480 e. The van der Waals surface area contributed by atoms with Crippen molar-refractivity contribution in [2.45, 2.75) is 25.3 Å². The number of nitrogens with two attached hydrogens (primary N) is 1. The van der Waals surface area contributed by atoms with Crippen LogP contribution >= 0.6 is 0 Å². The van der Waals surface area contributed by atoms with E-state index in [1.807, 2.05) is 42.5 Å². The van der Waals surface area contributed by atoms with Crippen LogP contribution in [-0.2, 0) is 11.2 Å². The van der Waals surface area contributed by atoms with Crippen LogP contribution in [0.5, 0.6) is 0 Å². The fourth-order valence-electron chi connectivity index (χ4n) is 2.22. The fourth-order valence-corrected chi connectivity index (χ4v) is 2.22. The lowest BCUT2D eigenvalue weighted by molar-refractivity contribution is -0.138. The van der Waals surface area contributed by atoms with Gasteiger partial charge in [-0.1, -0.05) is 61.5 Å². The van der Waals surface area contributed by atoms with Gasteiger partial charge >= 0.3 is 5.97 Å². The van der Waals surface area contributed by atoms with Gasteiger partial charge in [-0.25, -0.2) is 0 Å². The Balaban J connectivity index is 2.10. The average Bonchev–Trinajstić information content (AvgIpc) is 2.48. The lowest BCUT2D eigenvalue weighted by atomic mass is 9.92. The van der Waals surface area contributed by atoms with Crippen LogP contribution < -0.4 is 5.73 Å². The summed E-state index contributed by atoms with van der Waals surface area (Å²) in [4.78, 5) is 10.7. The van der Waals surface area contributed by atoms with E-state index in [9.17, 15) is 4.79 Å². The standard InChI is InChI=1S/C17H19NO2/c1-12(14-5-3-2-4-6-14)15-9-7-13(8-10-15)11-16(18)17(19)20/h2-10,12,16H,11,18H2,1H3,(H,19,20). The zero-order valence-corrected chi connectivity index (χ0v) is 11.5. The average molecular weight is 269 g/mol. The second kappa shape index (κ2) is 6.35. The first-order chi connectivity index (χ1) is 9.58. The van der Waals surface area contributed by atoms with E-state index in [1.165, 1.54) is 11.1 Å². The molecule has 3 heteroatoms. The molecule has 3 nitrogen and oxygen atoms in total. The van der Waals surface area contributed by atoms with Crippen LogP contribution in [0.25, 0.3) is 0 Å². The van der Waals surface area contributed by atoms with E-state index in [0.717, 1.165) is 5.56 Å². The molecule has 0 radical (unpaired) electrons. The number of hydrogen-bond donors (Lipinski definition) is 2. The molecule has 0 fully saturated rings. The minimum atomic E-state index is -0.966. The normalized spacial score (nSPS) is 13.7. The third-order valence-corrected chi connectivity index (χ3v) is 3.55. The quantitative estimate of drug-likeness (QED) is 0.877. The molecule has 2 atom stereocenters. The van der Waals surface area contributed by atoms with E-state index < -0.39 is 12.0 Å². The fraction of sp³-hybridized carbons (Fsp3) is 0.235. The number of aliphatic carboxylic acids is 1. The Kier molecular flexibility index (Phi) is 4.53. The van der Waals surface area contributed by atoms with Gasteiger partial charge < -0.3 is 10.8 Å². The molecule has 0 amide bonds. The first kappa shape index (κ1) is 14.3. The monoisotopic (exact) mass is 269 g/mol. The molecule has 2 aromatic carbocycles. The molecular weight excluding hydrogens is 250 g/mol. The lowest BCUT2D eigenvalue weighted by Gasteiger charge is -2.13. The van der Waals surface area contributed by atoms with Crippen molar-refractivity contribution in [1.82, 2.24) is 0 Å². The molecule has 0 saturated heterocycles. The smallest absolute Gasteiger partial charge is 0.320 e. The zero-order chi connectivity index (χ0) is 14.5. The predicted octanol–water partition coefficient (Wildman–Crippen LogP) is 2.79. The lowest BCUT2D eigenvalue weighted by Crippen LogP contribution is -2.32. The zero-order valence-electron chi connectivity index (χ0n) is 11.5.